The third-order valence-electron chi connectivity index (χ3n) is 2.58. The number of benzene rings is 1. The van der Waals surface area contributed by atoms with Crippen molar-refractivity contribution in [3.05, 3.63) is 48.2 Å². The summed E-state index contributed by atoms with van der Waals surface area (Å²) < 4.78 is 26.7. The number of hydrogen-bond acceptors (Lipinski definition) is 5. The quantitative estimate of drug-likeness (QED) is 0.819. The number of carbonyl (C=O) groups is 1. The Morgan fingerprint density at radius 3 is 2.62 bits per heavy atom. The normalized spacial score (nSPS) is 11.1. The zero-order valence-corrected chi connectivity index (χ0v) is 12.6. The molecular formula is C13H12N2O4S2. The second-order valence-corrected chi connectivity index (χ2v) is 6.54. The first-order chi connectivity index (χ1) is 9.92. The molecule has 6 nitrogen and oxygen atoms in total. The minimum atomic E-state index is -3.84. The van der Waals surface area contributed by atoms with Gasteiger partial charge >= 0.3 is 5.97 Å². The van der Waals surface area contributed by atoms with Crippen molar-refractivity contribution in [1.82, 2.24) is 4.98 Å². The molecule has 0 aliphatic heterocycles. The van der Waals surface area contributed by atoms with Gasteiger partial charge in [0.2, 0.25) is 0 Å². The zero-order valence-electron chi connectivity index (χ0n) is 11.0. The van der Waals surface area contributed by atoms with Gasteiger partial charge in [0.1, 0.15) is 0 Å². The van der Waals surface area contributed by atoms with Gasteiger partial charge in [-0.15, -0.1) is 11.8 Å². The van der Waals surface area contributed by atoms with E-state index in [0.29, 0.717) is 5.69 Å². The molecular weight excluding hydrogens is 312 g/mol. The van der Waals surface area contributed by atoms with Gasteiger partial charge in [-0.1, -0.05) is 6.07 Å². The predicted octanol–water partition coefficient (Wildman–Crippen LogP) is 2.30. The molecule has 0 amide bonds. The van der Waals surface area contributed by atoms with E-state index >= 15 is 0 Å². The van der Waals surface area contributed by atoms with E-state index in [1.165, 1.54) is 17.8 Å². The van der Waals surface area contributed by atoms with Crippen LogP contribution in [0.5, 0.6) is 0 Å². The molecule has 2 rings (SSSR count). The Kier molecular flexibility index (Phi) is 4.49. The predicted molar refractivity (Wildman–Crippen MR) is 80.2 cm³/mol. The van der Waals surface area contributed by atoms with Crippen LogP contribution in [0, 0.1) is 0 Å². The number of hydrogen-bond donors (Lipinski definition) is 2. The lowest BCUT2D eigenvalue weighted by Gasteiger charge is -2.08. The van der Waals surface area contributed by atoms with Gasteiger partial charge < -0.3 is 5.11 Å². The van der Waals surface area contributed by atoms with Gasteiger partial charge in [0.25, 0.3) is 10.0 Å². The number of pyridine rings is 1. The molecule has 0 spiro atoms. The minimum Gasteiger partial charge on any atom is -0.478 e. The third-order valence-corrected chi connectivity index (χ3v) is 4.60. The van der Waals surface area contributed by atoms with Crippen LogP contribution in [0.15, 0.2) is 52.5 Å². The first-order valence-electron chi connectivity index (χ1n) is 5.78. The topological polar surface area (TPSA) is 96.4 Å². The van der Waals surface area contributed by atoms with Crippen molar-refractivity contribution in [3.8, 4) is 0 Å². The molecule has 21 heavy (non-hydrogen) atoms. The Balaban J connectivity index is 2.27. The summed E-state index contributed by atoms with van der Waals surface area (Å²) in [6, 6.07) is 9.29. The molecule has 0 saturated heterocycles. The second-order valence-electron chi connectivity index (χ2n) is 4.03. The van der Waals surface area contributed by atoms with Gasteiger partial charge in [0.05, 0.1) is 5.56 Å². The maximum atomic E-state index is 12.2. The summed E-state index contributed by atoms with van der Waals surface area (Å²) >= 11 is 1.49. The number of aromatic nitrogens is 1. The molecule has 0 unspecified atom stereocenters. The molecule has 0 atom stereocenters. The van der Waals surface area contributed by atoms with Crippen molar-refractivity contribution in [2.75, 3.05) is 11.0 Å². The van der Waals surface area contributed by atoms with E-state index in [9.17, 15) is 13.2 Å². The largest absolute Gasteiger partial charge is 0.478 e. The van der Waals surface area contributed by atoms with Crippen LogP contribution >= 0.6 is 11.8 Å². The Bertz CT molecular complexity index is 758. The number of rotatable bonds is 5. The highest BCUT2D eigenvalue weighted by Gasteiger charge is 2.16. The molecule has 0 radical (unpaired) electrons. The summed E-state index contributed by atoms with van der Waals surface area (Å²) in [5.41, 5.74) is 0.351. The molecule has 0 saturated carbocycles. The summed E-state index contributed by atoms with van der Waals surface area (Å²) in [7, 11) is -3.84. The summed E-state index contributed by atoms with van der Waals surface area (Å²) in [5, 5.41) is 8.53. The highest BCUT2D eigenvalue weighted by atomic mass is 32.2. The number of nitrogens with one attached hydrogen (secondary N) is 1. The average Bonchev–Trinajstić information content (AvgIpc) is 2.47. The summed E-state index contributed by atoms with van der Waals surface area (Å²) in [6.45, 7) is 0. The first-order valence-corrected chi connectivity index (χ1v) is 8.49. The van der Waals surface area contributed by atoms with Crippen molar-refractivity contribution in [3.63, 3.8) is 0 Å². The number of aromatic carboxylic acids is 1. The molecule has 2 aromatic rings. The van der Waals surface area contributed by atoms with E-state index in [1.807, 2.05) is 12.3 Å². The molecule has 0 aliphatic rings. The number of carboxylic acid groups (broad SMARTS) is 1. The fourth-order valence-corrected chi connectivity index (χ4v) is 3.00. The Labute approximate surface area is 126 Å². The van der Waals surface area contributed by atoms with Crippen LogP contribution in [0.4, 0.5) is 5.69 Å². The lowest BCUT2D eigenvalue weighted by atomic mass is 10.3. The van der Waals surface area contributed by atoms with E-state index in [1.54, 1.807) is 18.2 Å². The smallest absolute Gasteiger partial charge is 0.337 e. The third kappa shape index (κ3) is 3.73. The summed E-state index contributed by atoms with van der Waals surface area (Å²) in [6.07, 6.45) is 2.90. The highest BCUT2D eigenvalue weighted by Crippen LogP contribution is 2.21. The first kappa shape index (κ1) is 15.3. The SMILES string of the molecule is CSc1cccc(NS(=O)(=O)c2ccc(C(=O)O)cn2)c1. The second kappa shape index (κ2) is 6.15. The van der Waals surface area contributed by atoms with Gasteiger partial charge in [0, 0.05) is 16.8 Å². The van der Waals surface area contributed by atoms with Crippen LogP contribution < -0.4 is 4.72 Å². The number of anilines is 1. The number of thioether (sulfide) groups is 1. The van der Waals surface area contributed by atoms with E-state index < -0.39 is 16.0 Å². The minimum absolute atomic E-state index is 0.0710. The van der Waals surface area contributed by atoms with E-state index in [0.717, 1.165) is 17.2 Å². The van der Waals surface area contributed by atoms with Crippen molar-refractivity contribution in [2.45, 2.75) is 9.92 Å². The van der Waals surface area contributed by atoms with Crippen LogP contribution in [0.1, 0.15) is 10.4 Å². The molecule has 1 aromatic carbocycles. The summed E-state index contributed by atoms with van der Waals surface area (Å²) in [5.74, 6) is -1.16. The van der Waals surface area contributed by atoms with Crippen LogP contribution in [0.2, 0.25) is 0 Å². The van der Waals surface area contributed by atoms with Crippen molar-refractivity contribution in [2.24, 2.45) is 0 Å². The van der Waals surface area contributed by atoms with E-state index in [-0.39, 0.29) is 10.6 Å². The molecule has 0 bridgehead atoms. The van der Waals surface area contributed by atoms with Crippen molar-refractivity contribution < 1.29 is 18.3 Å². The van der Waals surface area contributed by atoms with E-state index in [2.05, 4.69) is 9.71 Å². The fourth-order valence-electron chi connectivity index (χ4n) is 1.56. The Morgan fingerprint density at radius 2 is 2.05 bits per heavy atom. The van der Waals surface area contributed by atoms with Crippen LogP contribution in [0.25, 0.3) is 0 Å². The Hall–Kier alpha value is -2.06. The number of nitrogens with zero attached hydrogens (tertiary/aromatic N) is 1. The molecule has 0 aliphatic carbocycles. The van der Waals surface area contributed by atoms with Crippen molar-refractivity contribution >= 4 is 33.4 Å². The molecule has 2 N–H and O–H groups in total. The maximum Gasteiger partial charge on any atom is 0.337 e. The highest BCUT2D eigenvalue weighted by molar-refractivity contribution is 7.98. The van der Waals surface area contributed by atoms with Gasteiger partial charge in [-0.2, -0.15) is 8.42 Å². The monoisotopic (exact) mass is 324 g/mol. The number of carboxylic acids is 1. The average molecular weight is 324 g/mol. The van der Waals surface area contributed by atoms with Crippen LogP contribution in [0.3, 0.4) is 0 Å². The lowest BCUT2D eigenvalue weighted by molar-refractivity contribution is 0.0696. The Morgan fingerprint density at radius 1 is 1.29 bits per heavy atom. The van der Waals surface area contributed by atoms with Gasteiger partial charge in [-0.05, 0) is 36.6 Å². The lowest BCUT2D eigenvalue weighted by Crippen LogP contribution is -2.14. The molecule has 110 valence electrons. The van der Waals surface area contributed by atoms with Crippen molar-refractivity contribution in [1.29, 1.82) is 0 Å². The summed E-state index contributed by atoms with van der Waals surface area (Å²) in [4.78, 5) is 15.3. The zero-order chi connectivity index (χ0) is 15.5. The van der Waals surface area contributed by atoms with Gasteiger partial charge in [-0.3, -0.25) is 4.72 Å². The molecule has 1 aromatic heterocycles. The maximum absolute atomic E-state index is 12.2. The fraction of sp³-hybridized carbons (Fsp3) is 0.0769. The molecule has 8 heteroatoms. The van der Waals surface area contributed by atoms with Crippen LogP contribution in [-0.4, -0.2) is 30.7 Å². The molecule has 1 heterocycles. The van der Waals surface area contributed by atoms with E-state index in [4.69, 9.17) is 5.11 Å². The van der Waals surface area contributed by atoms with Crippen LogP contribution in [-0.2, 0) is 10.0 Å². The molecule has 0 fully saturated rings. The number of sulfonamides is 1. The van der Waals surface area contributed by atoms with Gasteiger partial charge in [0.15, 0.2) is 5.03 Å². The van der Waals surface area contributed by atoms with Gasteiger partial charge in [-0.25, -0.2) is 9.78 Å². The standard InChI is InChI=1S/C13H12N2O4S2/c1-20-11-4-2-3-10(7-11)15-21(18,19)12-6-5-9(8-14-12)13(16)17/h2-8,15H,1H3,(H,16,17).